The second-order valence-electron chi connectivity index (χ2n) is 3.55. The zero-order chi connectivity index (χ0) is 13.2. The number of carbonyl (C=O) groups is 1. The molecule has 0 aliphatic heterocycles. The van der Waals surface area contributed by atoms with Crippen LogP contribution in [0.1, 0.15) is 18.5 Å². The number of ether oxygens (including phenoxy) is 2. The first-order valence-corrected chi connectivity index (χ1v) is 5.87. The Morgan fingerprint density at radius 3 is 2.61 bits per heavy atom. The number of carbonyl (C=O) groups excluding carboxylic acids is 1. The molecule has 1 N–H and O–H groups in total. The fraction of sp³-hybridized carbons (Fsp3) is 0.462. The summed E-state index contributed by atoms with van der Waals surface area (Å²) in [6, 6.07) is 8.67. The lowest BCUT2D eigenvalue weighted by Gasteiger charge is -2.17. The quantitative estimate of drug-likeness (QED) is 0.432. The second-order valence-corrected chi connectivity index (χ2v) is 3.55. The van der Waals surface area contributed by atoms with Crippen LogP contribution in [0.2, 0.25) is 0 Å². The van der Waals surface area contributed by atoms with Crippen LogP contribution in [0.25, 0.3) is 0 Å². The predicted octanol–water partition coefficient (Wildman–Crippen LogP) is 1.46. The lowest BCUT2D eigenvalue weighted by atomic mass is 10.1. The van der Waals surface area contributed by atoms with Crippen LogP contribution in [-0.4, -0.2) is 32.9 Å². The molecule has 0 aliphatic rings. The molecule has 0 heterocycles. The molecule has 100 valence electrons. The van der Waals surface area contributed by atoms with Gasteiger partial charge in [0.1, 0.15) is 0 Å². The van der Waals surface area contributed by atoms with Crippen LogP contribution in [0.15, 0.2) is 30.3 Å². The molecule has 0 bridgehead atoms. The van der Waals surface area contributed by atoms with Gasteiger partial charge in [0.25, 0.3) is 0 Å². The first-order valence-electron chi connectivity index (χ1n) is 5.87. The Labute approximate surface area is 107 Å². The average molecular weight is 253 g/mol. The van der Waals surface area contributed by atoms with Crippen molar-refractivity contribution in [3.8, 4) is 0 Å². The molecule has 18 heavy (non-hydrogen) atoms. The van der Waals surface area contributed by atoms with Crippen LogP contribution in [0.5, 0.6) is 0 Å². The summed E-state index contributed by atoms with van der Waals surface area (Å²) in [6.07, 6.45) is 0. The Bertz CT molecular complexity index is 342. The van der Waals surface area contributed by atoms with Crippen molar-refractivity contribution < 1.29 is 19.1 Å². The maximum Gasteiger partial charge on any atom is 0.330 e. The molecule has 5 heteroatoms. The van der Waals surface area contributed by atoms with Crippen molar-refractivity contribution in [3.63, 3.8) is 0 Å². The van der Waals surface area contributed by atoms with Crippen LogP contribution >= 0.6 is 0 Å². The number of esters is 1. The monoisotopic (exact) mass is 253 g/mol. The van der Waals surface area contributed by atoms with E-state index in [1.165, 1.54) is 0 Å². The Hall–Kier alpha value is -1.43. The standard InChI is InChI=1S/C13H19NO4/c1-3-17-13(15)12(14-18-10-9-16-2)11-7-5-4-6-8-11/h4-8,12,14H,3,9-10H2,1-2H3. The number of hydrogen-bond acceptors (Lipinski definition) is 5. The Morgan fingerprint density at radius 2 is 2.00 bits per heavy atom. The number of hydroxylamine groups is 1. The molecule has 0 spiro atoms. The van der Waals surface area contributed by atoms with Gasteiger partial charge in [-0.05, 0) is 12.5 Å². The highest BCUT2D eigenvalue weighted by Gasteiger charge is 2.21. The summed E-state index contributed by atoms with van der Waals surface area (Å²) >= 11 is 0. The van der Waals surface area contributed by atoms with E-state index in [9.17, 15) is 4.79 Å². The molecule has 0 saturated carbocycles. The minimum absolute atomic E-state index is 0.335. The first-order chi connectivity index (χ1) is 8.79. The van der Waals surface area contributed by atoms with Gasteiger partial charge in [-0.15, -0.1) is 0 Å². The van der Waals surface area contributed by atoms with E-state index in [2.05, 4.69) is 5.48 Å². The van der Waals surface area contributed by atoms with Crippen LogP contribution in [0, 0.1) is 0 Å². The van der Waals surface area contributed by atoms with Crippen molar-refractivity contribution in [1.29, 1.82) is 0 Å². The molecule has 1 atom stereocenters. The van der Waals surface area contributed by atoms with E-state index in [-0.39, 0.29) is 5.97 Å². The van der Waals surface area contributed by atoms with Gasteiger partial charge in [-0.2, -0.15) is 5.48 Å². The molecule has 1 aromatic rings. The highest BCUT2D eigenvalue weighted by Crippen LogP contribution is 2.14. The van der Waals surface area contributed by atoms with Crippen LogP contribution in [0.3, 0.4) is 0 Å². The fourth-order valence-electron chi connectivity index (χ4n) is 1.39. The van der Waals surface area contributed by atoms with Gasteiger partial charge < -0.3 is 9.47 Å². The van der Waals surface area contributed by atoms with Gasteiger partial charge >= 0.3 is 5.97 Å². The van der Waals surface area contributed by atoms with Crippen molar-refractivity contribution in [3.05, 3.63) is 35.9 Å². The lowest BCUT2D eigenvalue weighted by Crippen LogP contribution is -2.31. The third-order valence-electron chi connectivity index (χ3n) is 2.25. The zero-order valence-corrected chi connectivity index (χ0v) is 10.7. The third kappa shape index (κ3) is 4.83. The molecule has 0 fully saturated rings. The highest BCUT2D eigenvalue weighted by molar-refractivity contribution is 5.77. The number of methoxy groups -OCH3 is 1. The summed E-state index contributed by atoms with van der Waals surface area (Å²) < 4.78 is 9.86. The molecule has 0 aliphatic carbocycles. The minimum atomic E-state index is -0.622. The molecule has 1 unspecified atom stereocenters. The van der Waals surface area contributed by atoms with Gasteiger partial charge in [0.15, 0.2) is 6.04 Å². The van der Waals surface area contributed by atoms with Crippen molar-refractivity contribution in [2.24, 2.45) is 0 Å². The largest absolute Gasteiger partial charge is 0.465 e. The number of nitrogens with one attached hydrogen (secondary N) is 1. The fourth-order valence-corrected chi connectivity index (χ4v) is 1.39. The Balaban J connectivity index is 2.61. The van der Waals surface area contributed by atoms with Gasteiger partial charge in [-0.3, -0.25) is 4.84 Å². The molecule has 1 aromatic carbocycles. The van der Waals surface area contributed by atoms with E-state index in [1.807, 2.05) is 30.3 Å². The first kappa shape index (κ1) is 14.6. The van der Waals surface area contributed by atoms with E-state index in [0.717, 1.165) is 5.56 Å². The molecule has 0 radical (unpaired) electrons. The summed E-state index contributed by atoms with van der Waals surface area (Å²) in [4.78, 5) is 17.0. The highest BCUT2D eigenvalue weighted by atomic mass is 16.7. The molecular formula is C13H19NO4. The van der Waals surface area contributed by atoms with E-state index in [1.54, 1.807) is 14.0 Å². The van der Waals surface area contributed by atoms with E-state index >= 15 is 0 Å². The summed E-state index contributed by atoms with van der Waals surface area (Å²) in [5.41, 5.74) is 3.50. The van der Waals surface area contributed by atoms with Gasteiger partial charge in [0.2, 0.25) is 0 Å². The normalized spacial score (nSPS) is 12.1. The number of hydrogen-bond donors (Lipinski definition) is 1. The van der Waals surface area contributed by atoms with Crippen molar-refractivity contribution >= 4 is 5.97 Å². The predicted molar refractivity (Wildman–Crippen MR) is 66.8 cm³/mol. The van der Waals surface area contributed by atoms with Gasteiger partial charge in [-0.25, -0.2) is 4.79 Å². The van der Waals surface area contributed by atoms with Gasteiger partial charge in [0.05, 0.1) is 19.8 Å². The topological polar surface area (TPSA) is 56.8 Å². The van der Waals surface area contributed by atoms with Crippen LogP contribution in [0.4, 0.5) is 0 Å². The minimum Gasteiger partial charge on any atom is -0.465 e. The number of benzene rings is 1. The van der Waals surface area contributed by atoms with E-state index in [4.69, 9.17) is 14.3 Å². The molecule has 0 aromatic heterocycles. The molecule has 0 saturated heterocycles. The number of rotatable bonds is 8. The van der Waals surface area contributed by atoms with E-state index < -0.39 is 6.04 Å². The summed E-state index contributed by atoms with van der Waals surface area (Å²) in [7, 11) is 1.59. The lowest BCUT2D eigenvalue weighted by molar-refractivity contribution is -0.151. The molecule has 1 rings (SSSR count). The Kier molecular flexibility index (Phi) is 7.01. The third-order valence-corrected chi connectivity index (χ3v) is 2.25. The summed E-state index contributed by atoms with van der Waals surface area (Å²) in [6.45, 7) is 2.92. The van der Waals surface area contributed by atoms with Crippen LogP contribution < -0.4 is 5.48 Å². The Morgan fingerprint density at radius 1 is 1.28 bits per heavy atom. The zero-order valence-electron chi connectivity index (χ0n) is 10.7. The molecule has 0 amide bonds. The van der Waals surface area contributed by atoms with Crippen molar-refractivity contribution in [2.45, 2.75) is 13.0 Å². The smallest absolute Gasteiger partial charge is 0.330 e. The van der Waals surface area contributed by atoms with Crippen LogP contribution in [-0.2, 0) is 19.1 Å². The maximum absolute atomic E-state index is 11.8. The second kappa shape index (κ2) is 8.63. The van der Waals surface area contributed by atoms with Gasteiger partial charge in [0, 0.05) is 7.11 Å². The average Bonchev–Trinajstić information content (AvgIpc) is 2.40. The summed E-state index contributed by atoms with van der Waals surface area (Å²) in [5.74, 6) is -0.360. The summed E-state index contributed by atoms with van der Waals surface area (Å²) in [5, 5.41) is 0. The van der Waals surface area contributed by atoms with Crippen molar-refractivity contribution in [2.75, 3.05) is 26.9 Å². The van der Waals surface area contributed by atoms with Crippen molar-refractivity contribution in [1.82, 2.24) is 5.48 Å². The van der Waals surface area contributed by atoms with Gasteiger partial charge in [-0.1, -0.05) is 30.3 Å². The SMILES string of the molecule is CCOC(=O)C(NOCCOC)c1ccccc1. The van der Waals surface area contributed by atoms with E-state index in [0.29, 0.717) is 19.8 Å². The molecule has 5 nitrogen and oxygen atoms in total. The maximum atomic E-state index is 11.8. The molecular weight excluding hydrogens is 234 g/mol.